The van der Waals surface area contributed by atoms with Crippen LogP contribution in [-0.2, 0) is 16.0 Å². The van der Waals surface area contributed by atoms with Gasteiger partial charge in [-0.25, -0.2) is 4.79 Å². The molecule has 0 unspecified atom stereocenters. The molecule has 0 heterocycles. The number of ether oxygens (including phenoxy) is 1. The van der Waals surface area contributed by atoms with Crippen LogP contribution in [0.25, 0.3) is 0 Å². The molecule has 30 heavy (non-hydrogen) atoms. The topological polar surface area (TPSA) is 66.8 Å². The molecule has 0 bridgehead atoms. The lowest BCUT2D eigenvalue weighted by Gasteiger charge is -2.35. The van der Waals surface area contributed by atoms with E-state index in [9.17, 15) is 14.4 Å². The van der Waals surface area contributed by atoms with Crippen LogP contribution in [0.15, 0.2) is 54.6 Å². The number of benzene rings is 2. The molecule has 0 atom stereocenters. The molecule has 0 aliphatic carbocycles. The summed E-state index contributed by atoms with van der Waals surface area (Å²) in [6, 6.07) is 16.6. The fourth-order valence-electron chi connectivity index (χ4n) is 3.19. The van der Waals surface area contributed by atoms with Gasteiger partial charge >= 0.3 is 5.97 Å². The van der Waals surface area contributed by atoms with Gasteiger partial charge in [0.25, 0.3) is 0 Å². The SMILES string of the molecule is COC(=O)c1cccc(CC(=O)N(CCCC(C)(C)[Si](C)(C)O)c2ccccc2)c1. The maximum atomic E-state index is 13.2. The van der Waals surface area contributed by atoms with E-state index in [1.165, 1.54) is 7.11 Å². The van der Waals surface area contributed by atoms with Crippen molar-refractivity contribution >= 4 is 25.9 Å². The number of hydrogen-bond acceptors (Lipinski definition) is 4. The number of methoxy groups -OCH3 is 1. The average molecular weight is 428 g/mol. The zero-order chi connectivity index (χ0) is 22.4. The normalized spacial score (nSPS) is 11.8. The molecule has 6 heteroatoms. The highest BCUT2D eigenvalue weighted by molar-refractivity contribution is 6.72. The minimum Gasteiger partial charge on any atom is -0.465 e. The lowest BCUT2D eigenvalue weighted by atomic mass is 10.0. The molecule has 1 amide bonds. The van der Waals surface area contributed by atoms with Crippen molar-refractivity contribution in [2.24, 2.45) is 0 Å². The smallest absolute Gasteiger partial charge is 0.337 e. The molecule has 5 nitrogen and oxygen atoms in total. The number of nitrogens with zero attached hydrogens (tertiary/aromatic N) is 1. The minimum absolute atomic E-state index is 0.0264. The maximum Gasteiger partial charge on any atom is 0.337 e. The molecule has 2 aromatic rings. The number of carbonyl (C=O) groups excluding carboxylic acids is 2. The fourth-order valence-corrected chi connectivity index (χ4v) is 3.98. The van der Waals surface area contributed by atoms with Crippen LogP contribution in [0.1, 0.15) is 42.6 Å². The molecule has 162 valence electrons. The van der Waals surface area contributed by atoms with E-state index in [4.69, 9.17) is 4.74 Å². The van der Waals surface area contributed by atoms with Crippen molar-refractivity contribution < 1.29 is 19.1 Å². The second kappa shape index (κ2) is 10.0. The van der Waals surface area contributed by atoms with Gasteiger partial charge in [0.05, 0.1) is 19.1 Å². The van der Waals surface area contributed by atoms with Crippen LogP contribution < -0.4 is 4.90 Å². The Bertz CT molecular complexity index is 859. The monoisotopic (exact) mass is 427 g/mol. The summed E-state index contributed by atoms with van der Waals surface area (Å²) in [5.41, 5.74) is 2.06. The summed E-state index contributed by atoms with van der Waals surface area (Å²) in [4.78, 5) is 37.3. The first-order chi connectivity index (χ1) is 14.0. The van der Waals surface area contributed by atoms with Crippen LogP contribution in [-0.4, -0.2) is 38.6 Å². The van der Waals surface area contributed by atoms with E-state index in [1.54, 1.807) is 23.1 Å². The van der Waals surface area contributed by atoms with E-state index in [0.29, 0.717) is 12.1 Å². The molecular formula is C24H33NO4Si. The van der Waals surface area contributed by atoms with Crippen LogP contribution in [0.3, 0.4) is 0 Å². The number of anilines is 1. The van der Waals surface area contributed by atoms with E-state index < -0.39 is 14.3 Å². The number of rotatable bonds is 9. The maximum absolute atomic E-state index is 13.2. The molecule has 2 rings (SSSR count). The number of esters is 1. The predicted molar refractivity (Wildman–Crippen MR) is 123 cm³/mol. The summed E-state index contributed by atoms with van der Waals surface area (Å²) in [5.74, 6) is -0.441. The Morgan fingerprint density at radius 3 is 2.33 bits per heavy atom. The molecular weight excluding hydrogens is 394 g/mol. The lowest BCUT2D eigenvalue weighted by molar-refractivity contribution is -0.118. The van der Waals surface area contributed by atoms with Crippen molar-refractivity contribution in [2.75, 3.05) is 18.6 Å². The zero-order valence-corrected chi connectivity index (χ0v) is 19.6. The third kappa shape index (κ3) is 6.28. The number of para-hydroxylation sites is 1. The number of carbonyl (C=O) groups is 2. The van der Waals surface area contributed by atoms with Crippen molar-refractivity contribution in [1.82, 2.24) is 0 Å². The van der Waals surface area contributed by atoms with Gasteiger partial charge < -0.3 is 14.4 Å². The first kappa shape index (κ1) is 23.8. The molecule has 0 spiro atoms. The summed E-state index contributed by atoms with van der Waals surface area (Å²) in [7, 11) is -0.950. The second-order valence-electron chi connectivity index (χ2n) is 8.80. The molecule has 0 saturated carbocycles. The summed E-state index contributed by atoms with van der Waals surface area (Å²) in [6.45, 7) is 8.70. The Morgan fingerprint density at radius 2 is 1.73 bits per heavy atom. The van der Waals surface area contributed by atoms with Crippen LogP contribution >= 0.6 is 0 Å². The van der Waals surface area contributed by atoms with Gasteiger partial charge in [-0.2, -0.15) is 0 Å². The quantitative estimate of drug-likeness (QED) is 0.461. The van der Waals surface area contributed by atoms with Crippen LogP contribution in [0.4, 0.5) is 5.69 Å². The summed E-state index contributed by atoms with van der Waals surface area (Å²) >= 11 is 0. The molecule has 0 aliphatic rings. The molecule has 0 radical (unpaired) electrons. The van der Waals surface area contributed by atoms with Crippen LogP contribution in [0.5, 0.6) is 0 Å². The number of amides is 1. The molecule has 0 saturated heterocycles. The highest BCUT2D eigenvalue weighted by Gasteiger charge is 2.37. The zero-order valence-electron chi connectivity index (χ0n) is 18.6. The van der Waals surface area contributed by atoms with Crippen molar-refractivity contribution in [3.05, 3.63) is 65.7 Å². The Morgan fingerprint density at radius 1 is 1.07 bits per heavy atom. The highest BCUT2D eigenvalue weighted by Crippen LogP contribution is 2.39. The lowest BCUT2D eigenvalue weighted by Crippen LogP contribution is -2.40. The van der Waals surface area contributed by atoms with Crippen LogP contribution in [0, 0.1) is 0 Å². The third-order valence-corrected chi connectivity index (χ3v) is 9.47. The minimum atomic E-state index is -2.29. The molecule has 0 fully saturated rings. The van der Waals surface area contributed by atoms with Gasteiger partial charge in [0, 0.05) is 12.2 Å². The first-order valence-electron chi connectivity index (χ1n) is 10.3. The van der Waals surface area contributed by atoms with E-state index >= 15 is 0 Å². The third-order valence-electron chi connectivity index (χ3n) is 5.91. The summed E-state index contributed by atoms with van der Waals surface area (Å²) in [5, 5.41) is -0.132. The second-order valence-corrected chi connectivity index (χ2v) is 13.3. The Labute approximate surface area is 180 Å². The van der Waals surface area contributed by atoms with Gasteiger partial charge in [-0.15, -0.1) is 0 Å². The molecule has 0 aliphatic heterocycles. The number of hydrogen-bond donors (Lipinski definition) is 1. The van der Waals surface area contributed by atoms with Gasteiger partial charge in [0.1, 0.15) is 0 Å². The Balaban J connectivity index is 2.15. The Hall–Kier alpha value is -2.44. The van der Waals surface area contributed by atoms with E-state index in [1.807, 2.05) is 49.5 Å². The van der Waals surface area contributed by atoms with E-state index in [2.05, 4.69) is 13.8 Å². The van der Waals surface area contributed by atoms with Gasteiger partial charge in [0.2, 0.25) is 5.91 Å². The molecule has 0 aromatic heterocycles. The summed E-state index contributed by atoms with van der Waals surface area (Å²) < 4.78 is 4.77. The van der Waals surface area contributed by atoms with E-state index in [0.717, 1.165) is 24.1 Å². The van der Waals surface area contributed by atoms with Gasteiger partial charge in [-0.05, 0) is 60.8 Å². The average Bonchev–Trinajstić information content (AvgIpc) is 2.70. The molecule has 2 aromatic carbocycles. The van der Waals surface area contributed by atoms with Crippen molar-refractivity contribution in [3.63, 3.8) is 0 Å². The largest absolute Gasteiger partial charge is 0.465 e. The first-order valence-corrected chi connectivity index (χ1v) is 13.2. The fraction of sp³-hybridized carbons (Fsp3) is 0.417. The van der Waals surface area contributed by atoms with Gasteiger partial charge in [0.15, 0.2) is 8.32 Å². The standard InChI is InChI=1S/C24H33NO4Si/c1-24(2,30(4,5)28)15-10-16-25(21-13-7-6-8-14-21)22(26)18-19-11-9-12-20(17-19)23(27)29-3/h6-9,11-14,17,28H,10,15-16,18H2,1-5H3. The Kier molecular flexibility index (Phi) is 7.98. The van der Waals surface area contributed by atoms with Crippen molar-refractivity contribution in [2.45, 2.75) is 51.2 Å². The van der Waals surface area contributed by atoms with Gasteiger partial charge in [-0.3, -0.25) is 4.79 Å². The van der Waals surface area contributed by atoms with E-state index in [-0.39, 0.29) is 17.4 Å². The van der Waals surface area contributed by atoms with Crippen molar-refractivity contribution in [1.29, 1.82) is 0 Å². The molecule has 1 N–H and O–H groups in total. The highest BCUT2D eigenvalue weighted by atomic mass is 28.4. The van der Waals surface area contributed by atoms with Crippen LogP contribution in [0.2, 0.25) is 18.1 Å². The van der Waals surface area contributed by atoms with Gasteiger partial charge in [-0.1, -0.05) is 44.2 Å². The van der Waals surface area contributed by atoms with Crippen molar-refractivity contribution in [3.8, 4) is 0 Å². The predicted octanol–water partition coefficient (Wildman–Crippen LogP) is 4.81. The summed E-state index contributed by atoms with van der Waals surface area (Å²) in [6.07, 6.45) is 1.84.